The number of aliphatic carboxylic acids is 1. The molecule has 0 aromatic heterocycles. The van der Waals surface area contributed by atoms with Gasteiger partial charge in [-0.1, -0.05) is 39.8 Å². The van der Waals surface area contributed by atoms with Crippen molar-refractivity contribution < 1.29 is 23.1 Å². The lowest BCUT2D eigenvalue weighted by molar-refractivity contribution is -0.139. The fraction of sp³-hybridized carbons (Fsp3) is 0.741. The summed E-state index contributed by atoms with van der Waals surface area (Å²) < 4.78 is 39.3. The minimum absolute atomic E-state index is 0. The van der Waals surface area contributed by atoms with Gasteiger partial charge in [0.25, 0.3) is 0 Å². The van der Waals surface area contributed by atoms with Crippen LogP contribution in [0.1, 0.15) is 96.1 Å². The summed E-state index contributed by atoms with van der Waals surface area (Å²) in [4.78, 5) is 13.8. The van der Waals surface area contributed by atoms with Crippen molar-refractivity contribution in [2.45, 2.75) is 103 Å². The number of likely N-dealkylation sites (N-methyl/N-ethyl adjacent to an activating group) is 1. The number of halogens is 4. The third-order valence-corrected chi connectivity index (χ3v) is 7.31. The zero-order valence-corrected chi connectivity index (χ0v) is 22.1. The largest absolute Gasteiger partial charge is 0.481 e. The summed E-state index contributed by atoms with van der Waals surface area (Å²) in [6.45, 7) is 8.95. The first-order valence-corrected chi connectivity index (χ1v) is 12.5. The normalized spacial score (nSPS) is 21.4. The van der Waals surface area contributed by atoms with E-state index in [-0.39, 0.29) is 36.7 Å². The topological polar surface area (TPSA) is 40.5 Å². The molecule has 1 aromatic carbocycles. The molecule has 0 bridgehead atoms. The Kier molecular flexibility index (Phi) is 12.4. The van der Waals surface area contributed by atoms with Crippen molar-refractivity contribution >= 4 is 18.4 Å². The van der Waals surface area contributed by atoms with E-state index in [1.54, 1.807) is 12.1 Å². The van der Waals surface area contributed by atoms with Crippen LogP contribution in [0.3, 0.4) is 0 Å². The van der Waals surface area contributed by atoms with Crippen LogP contribution in [0, 0.1) is 17.8 Å². The molecule has 196 valence electrons. The zero-order valence-electron chi connectivity index (χ0n) is 21.3. The number of hydrogen-bond donors (Lipinski definition) is 1. The van der Waals surface area contributed by atoms with E-state index in [1.165, 1.54) is 12.1 Å². The van der Waals surface area contributed by atoms with Gasteiger partial charge in [0.15, 0.2) is 0 Å². The molecule has 1 aliphatic rings. The predicted octanol–water partition coefficient (Wildman–Crippen LogP) is 8.03. The minimum atomic E-state index is -4.36. The van der Waals surface area contributed by atoms with E-state index in [9.17, 15) is 23.1 Å². The second-order valence-electron chi connectivity index (χ2n) is 10.8. The maximum absolute atomic E-state index is 13.1. The van der Waals surface area contributed by atoms with Crippen molar-refractivity contribution in [3.05, 3.63) is 35.4 Å². The van der Waals surface area contributed by atoms with E-state index < -0.39 is 17.7 Å². The van der Waals surface area contributed by atoms with Crippen molar-refractivity contribution in [1.29, 1.82) is 0 Å². The fourth-order valence-corrected chi connectivity index (χ4v) is 5.31. The molecule has 2 rings (SSSR count). The standard InChI is InChI=1S/C27H42F3NO2.ClH/c1-18(2)6-13-23(14-7-19(3)4)31(5)25-15-8-20(17-26(32)33)16-24(25)21-9-11-22(12-10-21)27(28,29)30;/h9-12,18-20,23-25H,6-8,13-17H2,1-5H3,(H,32,33);1H/t20-,24+,25-;/m1./s1. The average Bonchev–Trinajstić information content (AvgIpc) is 2.72. The quantitative estimate of drug-likeness (QED) is 0.331. The molecule has 34 heavy (non-hydrogen) atoms. The van der Waals surface area contributed by atoms with Crippen LogP contribution >= 0.6 is 12.4 Å². The fourth-order valence-electron chi connectivity index (χ4n) is 5.31. The Morgan fingerprint density at radius 2 is 1.53 bits per heavy atom. The molecular weight excluding hydrogens is 463 g/mol. The lowest BCUT2D eigenvalue weighted by Crippen LogP contribution is -2.46. The Labute approximate surface area is 209 Å². The van der Waals surface area contributed by atoms with Gasteiger partial charge in [0.05, 0.1) is 5.56 Å². The summed E-state index contributed by atoms with van der Waals surface area (Å²) >= 11 is 0. The molecule has 1 aromatic rings. The first-order valence-electron chi connectivity index (χ1n) is 12.5. The van der Waals surface area contributed by atoms with Crippen LogP contribution in [0.4, 0.5) is 13.2 Å². The van der Waals surface area contributed by atoms with Gasteiger partial charge in [0.2, 0.25) is 0 Å². The van der Waals surface area contributed by atoms with Gasteiger partial charge >= 0.3 is 12.1 Å². The monoisotopic (exact) mass is 505 g/mol. The molecule has 0 unspecified atom stereocenters. The molecule has 0 spiro atoms. The third kappa shape index (κ3) is 9.41. The number of alkyl halides is 3. The molecule has 1 fully saturated rings. The predicted molar refractivity (Wildman–Crippen MR) is 135 cm³/mol. The molecule has 1 N–H and O–H groups in total. The lowest BCUT2D eigenvalue weighted by Gasteiger charge is -2.45. The molecule has 0 amide bonds. The summed E-state index contributed by atoms with van der Waals surface area (Å²) in [6.07, 6.45) is 2.70. The van der Waals surface area contributed by atoms with Crippen LogP contribution < -0.4 is 0 Å². The molecule has 0 saturated heterocycles. The Hall–Kier alpha value is -1.27. The molecule has 0 aliphatic heterocycles. The van der Waals surface area contributed by atoms with E-state index in [1.807, 2.05) is 0 Å². The van der Waals surface area contributed by atoms with E-state index in [0.717, 1.165) is 44.1 Å². The van der Waals surface area contributed by atoms with Gasteiger partial charge in [-0.05, 0) is 93.4 Å². The number of nitrogens with zero attached hydrogens (tertiary/aromatic N) is 1. The SMILES string of the molecule is CC(C)CCC(CCC(C)C)N(C)[C@@H]1CC[C@@H](CC(=O)O)C[C@H]1c1ccc(C(F)(F)F)cc1.Cl. The highest BCUT2D eigenvalue weighted by Gasteiger charge is 2.37. The Bertz CT molecular complexity index is 724. The highest BCUT2D eigenvalue weighted by atomic mass is 35.5. The van der Waals surface area contributed by atoms with Crippen molar-refractivity contribution in [3.8, 4) is 0 Å². The lowest BCUT2D eigenvalue weighted by atomic mass is 9.72. The maximum Gasteiger partial charge on any atom is 0.416 e. The molecule has 3 nitrogen and oxygen atoms in total. The molecular formula is C27H43ClF3NO2. The van der Waals surface area contributed by atoms with Crippen LogP contribution in [-0.2, 0) is 11.0 Å². The van der Waals surface area contributed by atoms with Gasteiger partial charge in [0.1, 0.15) is 0 Å². The first-order chi connectivity index (χ1) is 15.4. The zero-order chi connectivity index (χ0) is 24.8. The second-order valence-corrected chi connectivity index (χ2v) is 10.8. The van der Waals surface area contributed by atoms with E-state index in [2.05, 4.69) is 39.6 Å². The Morgan fingerprint density at radius 3 is 1.97 bits per heavy atom. The van der Waals surface area contributed by atoms with Crippen LogP contribution in [0.15, 0.2) is 24.3 Å². The third-order valence-electron chi connectivity index (χ3n) is 7.31. The Morgan fingerprint density at radius 1 is 1.00 bits per heavy atom. The van der Waals surface area contributed by atoms with Crippen LogP contribution in [0.25, 0.3) is 0 Å². The number of benzene rings is 1. The average molecular weight is 506 g/mol. The van der Waals surface area contributed by atoms with E-state index >= 15 is 0 Å². The van der Waals surface area contributed by atoms with Crippen molar-refractivity contribution in [2.24, 2.45) is 17.8 Å². The summed E-state index contributed by atoms with van der Waals surface area (Å²) in [7, 11) is 2.17. The molecule has 3 atom stereocenters. The number of hydrogen-bond acceptors (Lipinski definition) is 2. The number of carboxylic acids is 1. The number of carbonyl (C=O) groups is 1. The Balaban J connectivity index is 0.00000578. The summed E-state index contributed by atoms with van der Waals surface area (Å²) in [5, 5.41) is 9.32. The molecule has 7 heteroatoms. The maximum atomic E-state index is 13.1. The first kappa shape index (κ1) is 30.8. The molecule has 1 saturated carbocycles. The highest BCUT2D eigenvalue weighted by Crippen LogP contribution is 2.42. The van der Waals surface area contributed by atoms with Crippen LogP contribution in [-0.4, -0.2) is 35.1 Å². The number of rotatable bonds is 11. The highest BCUT2D eigenvalue weighted by molar-refractivity contribution is 5.85. The number of carboxylic acid groups (broad SMARTS) is 1. The molecule has 1 aliphatic carbocycles. The van der Waals surface area contributed by atoms with Crippen molar-refractivity contribution in [2.75, 3.05) is 7.05 Å². The smallest absolute Gasteiger partial charge is 0.416 e. The van der Waals surface area contributed by atoms with Gasteiger partial charge in [-0.25, -0.2) is 0 Å². The molecule has 0 radical (unpaired) electrons. The second kappa shape index (κ2) is 13.7. The van der Waals surface area contributed by atoms with Gasteiger partial charge in [0, 0.05) is 18.5 Å². The summed E-state index contributed by atoms with van der Waals surface area (Å²) in [6, 6.07) is 6.18. The van der Waals surface area contributed by atoms with Crippen LogP contribution in [0.5, 0.6) is 0 Å². The van der Waals surface area contributed by atoms with E-state index in [4.69, 9.17) is 0 Å². The van der Waals surface area contributed by atoms with Crippen molar-refractivity contribution in [3.63, 3.8) is 0 Å². The summed E-state index contributed by atoms with van der Waals surface area (Å²) in [5.41, 5.74) is 0.252. The molecule has 0 heterocycles. The van der Waals surface area contributed by atoms with E-state index in [0.29, 0.717) is 24.3 Å². The minimum Gasteiger partial charge on any atom is -0.481 e. The summed E-state index contributed by atoms with van der Waals surface area (Å²) in [5.74, 6) is 0.541. The van der Waals surface area contributed by atoms with Gasteiger partial charge < -0.3 is 5.11 Å². The van der Waals surface area contributed by atoms with Crippen LogP contribution in [0.2, 0.25) is 0 Å². The van der Waals surface area contributed by atoms with Crippen molar-refractivity contribution in [1.82, 2.24) is 4.90 Å². The van der Waals surface area contributed by atoms with Gasteiger partial charge in [-0.3, -0.25) is 9.69 Å². The van der Waals surface area contributed by atoms with Gasteiger partial charge in [-0.2, -0.15) is 13.2 Å². The van der Waals surface area contributed by atoms with Gasteiger partial charge in [-0.15, -0.1) is 12.4 Å².